The van der Waals surface area contributed by atoms with Crippen LogP contribution in [0.15, 0.2) is 24.3 Å². The van der Waals surface area contributed by atoms with Crippen molar-refractivity contribution in [2.24, 2.45) is 17.6 Å². The van der Waals surface area contributed by atoms with Crippen LogP contribution in [0, 0.1) is 11.8 Å². The van der Waals surface area contributed by atoms with Gasteiger partial charge in [0.2, 0.25) is 5.91 Å². The molecule has 3 rings (SSSR count). The lowest BCUT2D eigenvalue weighted by Crippen LogP contribution is -2.44. The Morgan fingerprint density at radius 1 is 1.24 bits per heavy atom. The van der Waals surface area contributed by atoms with Crippen molar-refractivity contribution >= 4 is 5.91 Å². The highest BCUT2D eigenvalue weighted by Gasteiger charge is 2.30. The monoisotopic (exact) mass is 286 g/mol. The number of benzene rings is 1. The summed E-state index contributed by atoms with van der Waals surface area (Å²) in [5, 5.41) is 0. The molecule has 0 saturated carbocycles. The molecule has 1 aromatic carbocycles. The number of piperidine rings is 1. The summed E-state index contributed by atoms with van der Waals surface area (Å²) in [6, 6.07) is 8.57. The number of amides is 1. The molecular formula is C18H26N2O. The molecule has 1 aliphatic heterocycles. The smallest absolute Gasteiger partial charge is 0.226 e. The van der Waals surface area contributed by atoms with Crippen molar-refractivity contribution in [2.45, 2.75) is 38.5 Å². The lowest BCUT2D eigenvalue weighted by atomic mass is 9.82. The third-order valence-electron chi connectivity index (χ3n) is 5.10. The van der Waals surface area contributed by atoms with Gasteiger partial charge in [-0.25, -0.2) is 0 Å². The van der Waals surface area contributed by atoms with Crippen LogP contribution in [-0.2, 0) is 17.6 Å². The maximum absolute atomic E-state index is 12.8. The Kier molecular flexibility index (Phi) is 4.59. The second kappa shape index (κ2) is 6.61. The lowest BCUT2D eigenvalue weighted by Gasteiger charge is -2.36. The van der Waals surface area contributed by atoms with E-state index in [-0.39, 0.29) is 5.92 Å². The van der Waals surface area contributed by atoms with Crippen LogP contribution in [0.2, 0.25) is 0 Å². The van der Waals surface area contributed by atoms with E-state index in [0.717, 1.165) is 51.7 Å². The summed E-state index contributed by atoms with van der Waals surface area (Å²) < 4.78 is 0. The number of rotatable bonds is 3. The first-order valence-electron chi connectivity index (χ1n) is 8.33. The van der Waals surface area contributed by atoms with Crippen molar-refractivity contribution in [2.75, 3.05) is 19.6 Å². The predicted molar refractivity (Wildman–Crippen MR) is 84.9 cm³/mol. The SMILES string of the molecule is NCCC1CCCN(C(=O)C2CCc3ccccc3C2)C1. The highest BCUT2D eigenvalue weighted by molar-refractivity contribution is 5.79. The standard InChI is InChI=1S/C18H26N2O/c19-10-9-14-4-3-11-20(13-14)18(21)17-8-7-15-5-1-2-6-16(15)12-17/h1-2,5-6,14,17H,3-4,7-13,19H2. The average Bonchev–Trinajstić information content (AvgIpc) is 2.54. The van der Waals surface area contributed by atoms with Gasteiger partial charge in [0.15, 0.2) is 0 Å². The number of hydrogen-bond acceptors (Lipinski definition) is 2. The summed E-state index contributed by atoms with van der Waals surface area (Å²) >= 11 is 0. The van der Waals surface area contributed by atoms with Gasteiger partial charge in [-0.3, -0.25) is 4.79 Å². The largest absolute Gasteiger partial charge is 0.342 e. The molecule has 2 aliphatic rings. The molecular weight excluding hydrogens is 260 g/mol. The number of aryl methyl sites for hydroxylation is 1. The predicted octanol–water partition coefficient (Wildman–Crippen LogP) is 2.38. The molecule has 2 unspecified atom stereocenters. The maximum atomic E-state index is 12.8. The van der Waals surface area contributed by atoms with Gasteiger partial charge in [-0.15, -0.1) is 0 Å². The summed E-state index contributed by atoms with van der Waals surface area (Å²) in [5.41, 5.74) is 8.48. The number of likely N-dealkylation sites (tertiary alicyclic amines) is 1. The molecule has 1 amide bonds. The Labute approximate surface area is 127 Å². The normalized spacial score (nSPS) is 25.5. The van der Waals surface area contributed by atoms with E-state index in [1.54, 1.807) is 0 Å². The number of nitrogens with two attached hydrogens (primary N) is 1. The van der Waals surface area contributed by atoms with E-state index in [1.165, 1.54) is 17.5 Å². The molecule has 1 fully saturated rings. The van der Waals surface area contributed by atoms with Crippen LogP contribution in [0.1, 0.15) is 36.8 Å². The summed E-state index contributed by atoms with van der Waals surface area (Å²) in [5.74, 6) is 1.19. The molecule has 0 bridgehead atoms. The molecule has 1 aromatic rings. The first-order valence-corrected chi connectivity index (χ1v) is 8.33. The first kappa shape index (κ1) is 14.6. The Bertz CT molecular complexity index is 498. The third-order valence-corrected chi connectivity index (χ3v) is 5.10. The summed E-state index contributed by atoms with van der Waals surface area (Å²) in [6.45, 7) is 2.61. The van der Waals surface area contributed by atoms with E-state index in [1.807, 2.05) is 0 Å². The van der Waals surface area contributed by atoms with Crippen LogP contribution in [0.5, 0.6) is 0 Å². The topological polar surface area (TPSA) is 46.3 Å². The molecule has 1 heterocycles. The van der Waals surface area contributed by atoms with Crippen molar-refractivity contribution in [3.05, 3.63) is 35.4 Å². The van der Waals surface area contributed by atoms with E-state index in [0.29, 0.717) is 11.8 Å². The van der Waals surface area contributed by atoms with Gasteiger partial charge in [0.25, 0.3) is 0 Å². The fourth-order valence-corrected chi connectivity index (χ4v) is 3.90. The van der Waals surface area contributed by atoms with Crippen molar-refractivity contribution in [3.63, 3.8) is 0 Å². The van der Waals surface area contributed by atoms with Gasteiger partial charge in [0.1, 0.15) is 0 Å². The van der Waals surface area contributed by atoms with Gasteiger partial charge in [0, 0.05) is 19.0 Å². The minimum absolute atomic E-state index is 0.191. The maximum Gasteiger partial charge on any atom is 0.226 e. The van der Waals surface area contributed by atoms with Gasteiger partial charge >= 0.3 is 0 Å². The van der Waals surface area contributed by atoms with Gasteiger partial charge in [0.05, 0.1) is 0 Å². The van der Waals surface area contributed by atoms with E-state index in [2.05, 4.69) is 29.2 Å². The van der Waals surface area contributed by atoms with Crippen LogP contribution < -0.4 is 5.73 Å². The Balaban J connectivity index is 1.63. The second-order valence-corrected chi connectivity index (χ2v) is 6.58. The minimum atomic E-state index is 0.191. The summed E-state index contributed by atoms with van der Waals surface area (Å²) in [7, 11) is 0. The minimum Gasteiger partial charge on any atom is -0.342 e. The molecule has 114 valence electrons. The third kappa shape index (κ3) is 3.29. The van der Waals surface area contributed by atoms with Gasteiger partial charge in [-0.2, -0.15) is 0 Å². The van der Waals surface area contributed by atoms with Crippen molar-refractivity contribution in [1.29, 1.82) is 0 Å². The Hall–Kier alpha value is -1.35. The van der Waals surface area contributed by atoms with Gasteiger partial charge in [-0.1, -0.05) is 24.3 Å². The van der Waals surface area contributed by atoms with Crippen LogP contribution in [0.4, 0.5) is 0 Å². The number of nitrogens with zero attached hydrogens (tertiary/aromatic N) is 1. The Morgan fingerprint density at radius 3 is 2.86 bits per heavy atom. The quantitative estimate of drug-likeness (QED) is 0.927. The molecule has 0 aromatic heterocycles. The molecule has 2 atom stereocenters. The molecule has 0 spiro atoms. The van der Waals surface area contributed by atoms with E-state index in [4.69, 9.17) is 5.73 Å². The van der Waals surface area contributed by atoms with Crippen LogP contribution in [0.25, 0.3) is 0 Å². The molecule has 21 heavy (non-hydrogen) atoms. The first-order chi connectivity index (χ1) is 10.3. The molecule has 3 heteroatoms. The van der Waals surface area contributed by atoms with Gasteiger partial charge in [-0.05, 0) is 62.1 Å². The molecule has 1 aliphatic carbocycles. The highest BCUT2D eigenvalue weighted by atomic mass is 16.2. The molecule has 0 radical (unpaired) electrons. The van der Waals surface area contributed by atoms with E-state index in [9.17, 15) is 4.79 Å². The van der Waals surface area contributed by atoms with Crippen LogP contribution >= 0.6 is 0 Å². The lowest BCUT2D eigenvalue weighted by molar-refractivity contribution is -0.137. The highest BCUT2D eigenvalue weighted by Crippen LogP contribution is 2.28. The Morgan fingerprint density at radius 2 is 2.05 bits per heavy atom. The molecule has 2 N–H and O–H groups in total. The zero-order chi connectivity index (χ0) is 14.7. The molecule has 3 nitrogen and oxygen atoms in total. The van der Waals surface area contributed by atoms with Crippen LogP contribution in [-0.4, -0.2) is 30.4 Å². The zero-order valence-corrected chi connectivity index (χ0v) is 12.8. The average molecular weight is 286 g/mol. The van der Waals surface area contributed by atoms with Crippen LogP contribution in [0.3, 0.4) is 0 Å². The number of carbonyl (C=O) groups excluding carboxylic acids is 1. The van der Waals surface area contributed by atoms with E-state index < -0.39 is 0 Å². The van der Waals surface area contributed by atoms with Crippen molar-refractivity contribution < 1.29 is 4.79 Å². The summed E-state index contributed by atoms with van der Waals surface area (Å²) in [6.07, 6.45) is 6.40. The van der Waals surface area contributed by atoms with Gasteiger partial charge < -0.3 is 10.6 Å². The fraction of sp³-hybridized carbons (Fsp3) is 0.611. The number of carbonyl (C=O) groups is 1. The zero-order valence-electron chi connectivity index (χ0n) is 12.8. The number of fused-ring (bicyclic) bond motifs is 1. The number of hydrogen-bond donors (Lipinski definition) is 1. The van der Waals surface area contributed by atoms with Crippen molar-refractivity contribution in [1.82, 2.24) is 4.90 Å². The van der Waals surface area contributed by atoms with E-state index >= 15 is 0 Å². The summed E-state index contributed by atoms with van der Waals surface area (Å²) in [4.78, 5) is 14.9. The van der Waals surface area contributed by atoms with Crippen molar-refractivity contribution in [3.8, 4) is 0 Å². The fourth-order valence-electron chi connectivity index (χ4n) is 3.90. The second-order valence-electron chi connectivity index (χ2n) is 6.58. The molecule has 1 saturated heterocycles.